The summed E-state index contributed by atoms with van der Waals surface area (Å²) < 4.78 is 1.00. The number of benzene rings is 1. The molecule has 1 aromatic carbocycles. The molecule has 2 rings (SSSR count). The first-order valence-corrected chi connectivity index (χ1v) is 7.15. The van der Waals surface area contributed by atoms with Crippen molar-refractivity contribution in [1.82, 2.24) is 4.98 Å². The Balaban J connectivity index is 2.23. The van der Waals surface area contributed by atoms with Gasteiger partial charge in [-0.1, -0.05) is 28.1 Å². The highest BCUT2D eigenvalue weighted by atomic mass is 79.9. The summed E-state index contributed by atoms with van der Waals surface area (Å²) in [6.07, 6.45) is 0. The minimum absolute atomic E-state index is 0.000133. The van der Waals surface area contributed by atoms with Crippen molar-refractivity contribution >= 4 is 33.3 Å². The van der Waals surface area contributed by atoms with Crippen molar-refractivity contribution in [2.45, 2.75) is 13.0 Å². The molecule has 110 valence electrons. The van der Waals surface area contributed by atoms with Crippen molar-refractivity contribution in [1.29, 1.82) is 0 Å². The maximum atomic E-state index is 10.9. The zero-order valence-electron chi connectivity index (χ0n) is 11.6. The van der Waals surface area contributed by atoms with Crippen LogP contribution in [0.4, 0.5) is 17.3 Å². The molecular formula is C14H15BrN4O2. The minimum atomic E-state index is -0.433. The number of hydrogen-bond donors (Lipinski definition) is 2. The van der Waals surface area contributed by atoms with Crippen molar-refractivity contribution < 1.29 is 4.92 Å². The van der Waals surface area contributed by atoms with E-state index in [0.29, 0.717) is 11.6 Å². The molecular weight excluding hydrogens is 336 g/mol. The molecule has 0 aliphatic heterocycles. The van der Waals surface area contributed by atoms with Crippen molar-refractivity contribution in [2.24, 2.45) is 0 Å². The van der Waals surface area contributed by atoms with Gasteiger partial charge in [-0.2, -0.15) is 0 Å². The molecule has 0 radical (unpaired) electrons. The van der Waals surface area contributed by atoms with E-state index >= 15 is 0 Å². The van der Waals surface area contributed by atoms with Gasteiger partial charge in [-0.3, -0.25) is 10.1 Å². The predicted molar refractivity (Wildman–Crippen MR) is 86.6 cm³/mol. The number of nitrogens with zero attached hydrogens (tertiary/aromatic N) is 2. The molecule has 0 aliphatic carbocycles. The van der Waals surface area contributed by atoms with Gasteiger partial charge in [-0.15, -0.1) is 0 Å². The summed E-state index contributed by atoms with van der Waals surface area (Å²) in [5, 5.41) is 16.9. The maximum Gasteiger partial charge on any atom is 0.276 e. The standard InChI is InChI=1S/C14H15BrN4O2/c1-9(10-3-5-11(15)6-4-10)17-14-8-12(19(20)21)7-13(16-2)18-14/h3-9H,1-2H3,(H2,16,17,18). The number of hydrogen-bond acceptors (Lipinski definition) is 5. The molecule has 2 aromatic rings. The molecule has 0 saturated heterocycles. The Morgan fingerprint density at radius 1 is 1.24 bits per heavy atom. The van der Waals surface area contributed by atoms with Crippen LogP contribution in [0.2, 0.25) is 0 Å². The van der Waals surface area contributed by atoms with Gasteiger partial charge in [0.2, 0.25) is 0 Å². The fraction of sp³-hybridized carbons (Fsp3) is 0.214. The number of pyridine rings is 1. The number of nitro groups is 1. The molecule has 7 heteroatoms. The molecule has 0 bridgehead atoms. The molecule has 1 heterocycles. The first-order chi connectivity index (χ1) is 9.99. The molecule has 0 amide bonds. The number of nitrogens with one attached hydrogen (secondary N) is 2. The monoisotopic (exact) mass is 350 g/mol. The summed E-state index contributed by atoms with van der Waals surface area (Å²) in [5.41, 5.74) is 1.07. The van der Waals surface area contributed by atoms with Crippen LogP contribution in [0.1, 0.15) is 18.5 Å². The second-order valence-electron chi connectivity index (χ2n) is 4.52. The molecule has 0 fully saturated rings. The summed E-state index contributed by atoms with van der Waals surface area (Å²) in [6.45, 7) is 1.97. The number of halogens is 1. The van der Waals surface area contributed by atoms with Crippen LogP contribution in [-0.2, 0) is 0 Å². The van der Waals surface area contributed by atoms with Crippen LogP contribution in [0.3, 0.4) is 0 Å². The highest BCUT2D eigenvalue weighted by molar-refractivity contribution is 9.10. The van der Waals surface area contributed by atoms with E-state index in [1.54, 1.807) is 7.05 Å². The normalized spacial score (nSPS) is 11.8. The molecule has 1 aromatic heterocycles. The lowest BCUT2D eigenvalue weighted by atomic mass is 10.1. The van der Waals surface area contributed by atoms with Gasteiger partial charge in [0.1, 0.15) is 11.6 Å². The third kappa shape index (κ3) is 3.91. The Morgan fingerprint density at radius 2 is 1.86 bits per heavy atom. The van der Waals surface area contributed by atoms with E-state index in [1.165, 1.54) is 12.1 Å². The Hall–Kier alpha value is -2.15. The largest absolute Gasteiger partial charge is 0.373 e. The fourth-order valence-electron chi connectivity index (χ4n) is 1.88. The number of aromatic nitrogens is 1. The number of rotatable bonds is 5. The summed E-state index contributed by atoms with van der Waals surface area (Å²) in [5.74, 6) is 0.915. The van der Waals surface area contributed by atoms with Gasteiger partial charge in [0.05, 0.1) is 17.1 Å². The van der Waals surface area contributed by atoms with E-state index in [9.17, 15) is 10.1 Å². The highest BCUT2D eigenvalue weighted by Gasteiger charge is 2.13. The van der Waals surface area contributed by atoms with Gasteiger partial charge < -0.3 is 10.6 Å². The van der Waals surface area contributed by atoms with E-state index in [-0.39, 0.29) is 11.7 Å². The summed E-state index contributed by atoms with van der Waals surface area (Å²) in [6, 6.07) is 10.7. The average molecular weight is 351 g/mol. The molecule has 2 N–H and O–H groups in total. The Bertz CT molecular complexity index is 646. The third-order valence-corrected chi connectivity index (χ3v) is 3.54. The van der Waals surface area contributed by atoms with Crippen LogP contribution >= 0.6 is 15.9 Å². The maximum absolute atomic E-state index is 10.9. The van der Waals surface area contributed by atoms with E-state index in [1.807, 2.05) is 31.2 Å². The summed E-state index contributed by atoms with van der Waals surface area (Å²) in [4.78, 5) is 14.8. The van der Waals surface area contributed by atoms with Crippen LogP contribution in [0.25, 0.3) is 0 Å². The van der Waals surface area contributed by atoms with Crippen molar-refractivity contribution in [3.63, 3.8) is 0 Å². The van der Waals surface area contributed by atoms with Gasteiger partial charge in [0.25, 0.3) is 5.69 Å². The van der Waals surface area contributed by atoms with Gasteiger partial charge in [-0.25, -0.2) is 4.98 Å². The van der Waals surface area contributed by atoms with Crippen molar-refractivity contribution in [3.8, 4) is 0 Å². The van der Waals surface area contributed by atoms with Crippen LogP contribution in [0.15, 0.2) is 40.9 Å². The van der Waals surface area contributed by atoms with Crippen LogP contribution < -0.4 is 10.6 Å². The topological polar surface area (TPSA) is 80.1 Å². The summed E-state index contributed by atoms with van der Waals surface area (Å²) >= 11 is 3.39. The lowest BCUT2D eigenvalue weighted by molar-refractivity contribution is -0.384. The van der Waals surface area contributed by atoms with E-state index < -0.39 is 4.92 Å². The average Bonchev–Trinajstić information content (AvgIpc) is 2.47. The smallest absolute Gasteiger partial charge is 0.276 e. The predicted octanol–water partition coefficient (Wildman–Crippen LogP) is 3.97. The lowest BCUT2D eigenvalue weighted by Gasteiger charge is -2.15. The van der Waals surface area contributed by atoms with Gasteiger partial charge >= 0.3 is 0 Å². The molecule has 0 saturated carbocycles. The van der Waals surface area contributed by atoms with E-state index in [4.69, 9.17) is 0 Å². The van der Waals surface area contributed by atoms with E-state index in [2.05, 4.69) is 31.5 Å². The zero-order valence-corrected chi connectivity index (χ0v) is 13.2. The first kappa shape index (κ1) is 15.2. The van der Waals surface area contributed by atoms with Crippen LogP contribution in [-0.4, -0.2) is 17.0 Å². The minimum Gasteiger partial charge on any atom is -0.373 e. The van der Waals surface area contributed by atoms with Gasteiger partial charge in [-0.05, 0) is 24.6 Å². The van der Waals surface area contributed by atoms with Crippen molar-refractivity contribution in [2.75, 3.05) is 17.7 Å². The van der Waals surface area contributed by atoms with Gasteiger partial charge in [0, 0.05) is 17.6 Å². The van der Waals surface area contributed by atoms with Crippen LogP contribution in [0, 0.1) is 10.1 Å². The molecule has 0 spiro atoms. The number of anilines is 2. The second-order valence-corrected chi connectivity index (χ2v) is 5.44. The lowest BCUT2D eigenvalue weighted by Crippen LogP contribution is -2.09. The third-order valence-electron chi connectivity index (χ3n) is 3.01. The Labute approximate surface area is 130 Å². The quantitative estimate of drug-likeness (QED) is 0.629. The molecule has 1 unspecified atom stereocenters. The molecule has 0 aliphatic rings. The Morgan fingerprint density at radius 3 is 2.43 bits per heavy atom. The molecule has 6 nitrogen and oxygen atoms in total. The second kappa shape index (κ2) is 6.53. The molecule has 1 atom stereocenters. The molecule has 21 heavy (non-hydrogen) atoms. The SMILES string of the molecule is CNc1cc([N+](=O)[O-])cc(NC(C)c2ccc(Br)cc2)n1. The highest BCUT2D eigenvalue weighted by Crippen LogP contribution is 2.24. The van der Waals surface area contributed by atoms with E-state index in [0.717, 1.165) is 10.0 Å². The fourth-order valence-corrected chi connectivity index (χ4v) is 2.14. The Kier molecular flexibility index (Phi) is 4.74. The zero-order chi connectivity index (χ0) is 15.4. The van der Waals surface area contributed by atoms with Crippen LogP contribution in [0.5, 0.6) is 0 Å². The van der Waals surface area contributed by atoms with Crippen molar-refractivity contribution in [3.05, 3.63) is 56.5 Å². The van der Waals surface area contributed by atoms with Gasteiger partial charge in [0.15, 0.2) is 0 Å². The summed E-state index contributed by atoms with van der Waals surface area (Å²) in [7, 11) is 1.67. The first-order valence-electron chi connectivity index (χ1n) is 6.36.